The van der Waals surface area contributed by atoms with E-state index in [-0.39, 0.29) is 0 Å². The van der Waals surface area contributed by atoms with Gasteiger partial charge in [0.15, 0.2) is 0 Å². The molecule has 0 aliphatic carbocycles. The minimum absolute atomic E-state index is 0.862. The van der Waals surface area contributed by atoms with E-state index in [1.807, 2.05) is 19.4 Å². The van der Waals surface area contributed by atoms with E-state index >= 15 is 0 Å². The van der Waals surface area contributed by atoms with Crippen LogP contribution >= 0.6 is 0 Å². The second kappa shape index (κ2) is 4.82. The summed E-state index contributed by atoms with van der Waals surface area (Å²) in [4.78, 5) is 4.25. The third kappa shape index (κ3) is 2.70. The molecule has 0 saturated carbocycles. The molecule has 0 aliphatic heterocycles. The molecule has 1 rings (SSSR count). The van der Waals surface area contributed by atoms with Crippen LogP contribution in [0.15, 0.2) is 24.5 Å². The molecular weight excluding hydrogens is 162 g/mol. The maximum atomic E-state index is 4.25. The largest absolute Gasteiger partial charge is 0.331 e. The molecular formula is C10H17N3. The molecule has 0 aromatic carbocycles. The van der Waals surface area contributed by atoms with E-state index in [1.165, 1.54) is 5.57 Å². The summed E-state index contributed by atoms with van der Waals surface area (Å²) in [5.74, 6) is 1.12. The predicted octanol–water partition coefficient (Wildman–Crippen LogP) is 1.22. The van der Waals surface area contributed by atoms with E-state index in [0.717, 1.165) is 25.3 Å². The summed E-state index contributed by atoms with van der Waals surface area (Å²) in [5, 5.41) is 3.08. The molecule has 3 heteroatoms. The molecule has 0 unspecified atom stereocenters. The van der Waals surface area contributed by atoms with Gasteiger partial charge in [-0.25, -0.2) is 4.98 Å². The van der Waals surface area contributed by atoms with Gasteiger partial charge in [-0.1, -0.05) is 13.5 Å². The Morgan fingerprint density at radius 1 is 1.69 bits per heavy atom. The SMILES string of the molecule is C=C(CNC)Cn1ccnc1CC. The molecule has 0 fully saturated rings. The number of hydrogen-bond acceptors (Lipinski definition) is 2. The number of aryl methyl sites for hydroxylation is 1. The van der Waals surface area contributed by atoms with Gasteiger partial charge in [-0.3, -0.25) is 0 Å². The summed E-state index contributed by atoms with van der Waals surface area (Å²) in [5.41, 5.74) is 1.18. The quantitative estimate of drug-likeness (QED) is 0.689. The number of rotatable bonds is 5. The van der Waals surface area contributed by atoms with E-state index < -0.39 is 0 Å². The number of likely N-dealkylation sites (N-methyl/N-ethyl adjacent to an activating group) is 1. The lowest BCUT2D eigenvalue weighted by Gasteiger charge is -2.08. The van der Waals surface area contributed by atoms with Crippen LogP contribution < -0.4 is 5.32 Å². The highest BCUT2D eigenvalue weighted by molar-refractivity contribution is 5.01. The molecule has 0 amide bonds. The Kier molecular flexibility index (Phi) is 3.71. The van der Waals surface area contributed by atoms with Crippen LogP contribution in [0, 0.1) is 0 Å². The van der Waals surface area contributed by atoms with E-state index in [4.69, 9.17) is 0 Å². The Hall–Kier alpha value is -1.09. The lowest BCUT2D eigenvalue weighted by atomic mass is 10.3. The highest BCUT2D eigenvalue weighted by atomic mass is 15.1. The molecule has 0 bridgehead atoms. The first-order valence-electron chi connectivity index (χ1n) is 4.59. The monoisotopic (exact) mass is 179 g/mol. The van der Waals surface area contributed by atoms with Crippen LogP contribution in [-0.2, 0) is 13.0 Å². The third-order valence-electron chi connectivity index (χ3n) is 1.94. The van der Waals surface area contributed by atoms with E-state index in [0.29, 0.717) is 0 Å². The van der Waals surface area contributed by atoms with Crippen molar-refractivity contribution in [2.75, 3.05) is 13.6 Å². The Labute approximate surface area is 79.5 Å². The summed E-state index contributed by atoms with van der Waals surface area (Å²) in [7, 11) is 1.93. The smallest absolute Gasteiger partial charge is 0.108 e. The summed E-state index contributed by atoms with van der Waals surface area (Å²) in [6.45, 7) is 7.82. The van der Waals surface area contributed by atoms with Gasteiger partial charge in [0.1, 0.15) is 5.82 Å². The average Bonchev–Trinajstić information content (AvgIpc) is 2.52. The highest BCUT2D eigenvalue weighted by Crippen LogP contribution is 2.02. The van der Waals surface area contributed by atoms with Crippen LogP contribution in [0.5, 0.6) is 0 Å². The second-order valence-electron chi connectivity index (χ2n) is 3.11. The van der Waals surface area contributed by atoms with Crippen LogP contribution in [0.4, 0.5) is 0 Å². The molecule has 0 atom stereocenters. The van der Waals surface area contributed by atoms with Crippen molar-refractivity contribution in [3.05, 3.63) is 30.4 Å². The van der Waals surface area contributed by atoms with Gasteiger partial charge >= 0.3 is 0 Å². The number of nitrogens with one attached hydrogen (secondary N) is 1. The Bertz CT molecular complexity index is 275. The molecule has 0 aliphatic rings. The van der Waals surface area contributed by atoms with Gasteiger partial charge in [-0.2, -0.15) is 0 Å². The zero-order valence-corrected chi connectivity index (χ0v) is 8.38. The zero-order chi connectivity index (χ0) is 9.68. The first-order chi connectivity index (χ1) is 6.27. The topological polar surface area (TPSA) is 29.9 Å². The molecule has 3 nitrogen and oxygen atoms in total. The lowest BCUT2D eigenvalue weighted by Crippen LogP contribution is -2.14. The maximum absolute atomic E-state index is 4.25. The summed E-state index contributed by atoms with van der Waals surface area (Å²) in [6.07, 6.45) is 4.81. The van der Waals surface area contributed by atoms with E-state index in [2.05, 4.69) is 28.4 Å². The second-order valence-corrected chi connectivity index (χ2v) is 3.11. The van der Waals surface area contributed by atoms with Crippen molar-refractivity contribution < 1.29 is 0 Å². The fourth-order valence-corrected chi connectivity index (χ4v) is 1.35. The first kappa shape index (κ1) is 9.99. The maximum Gasteiger partial charge on any atom is 0.108 e. The Morgan fingerprint density at radius 2 is 2.46 bits per heavy atom. The Morgan fingerprint density at radius 3 is 3.08 bits per heavy atom. The van der Waals surface area contributed by atoms with Gasteiger partial charge in [0, 0.05) is 31.9 Å². The van der Waals surface area contributed by atoms with E-state index in [1.54, 1.807) is 0 Å². The van der Waals surface area contributed by atoms with Crippen LogP contribution in [-0.4, -0.2) is 23.1 Å². The number of imidazole rings is 1. The normalized spacial score (nSPS) is 10.3. The van der Waals surface area contributed by atoms with Crippen molar-refractivity contribution in [1.29, 1.82) is 0 Å². The Balaban J connectivity index is 2.57. The number of aromatic nitrogens is 2. The zero-order valence-electron chi connectivity index (χ0n) is 8.38. The molecule has 0 radical (unpaired) electrons. The molecule has 1 aromatic heterocycles. The number of hydrogen-bond donors (Lipinski definition) is 1. The molecule has 0 saturated heterocycles. The highest BCUT2D eigenvalue weighted by Gasteiger charge is 2.00. The van der Waals surface area contributed by atoms with Gasteiger partial charge in [0.2, 0.25) is 0 Å². The van der Waals surface area contributed by atoms with Crippen molar-refractivity contribution in [3.8, 4) is 0 Å². The first-order valence-corrected chi connectivity index (χ1v) is 4.59. The van der Waals surface area contributed by atoms with Crippen LogP contribution in [0.3, 0.4) is 0 Å². The van der Waals surface area contributed by atoms with Crippen molar-refractivity contribution in [3.63, 3.8) is 0 Å². The van der Waals surface area contributed by atoms with Crippen LogP contribution in [0.25, 0.3) is 0 Å². The van der Waals surface area contributed by atoms with Gasteiger partial charge in [-0.05, 0) is 12.6 Å². The molecule has 13 heavy (non-hydrogen) atoms. The summed E-state index contributed by atoms with van der Waals surface area (Å²) in [6, 6.07) is 0. The van der Waals surface area contributed by atoms with Gasteiger partial charge in [-0.15, -0.1) is 0 Å². The molecule has 1 aromatic rings. The van der Waals surface area contributed by atoms with Crippen LogP contribution in [0.2, 0.25) is 0 Å². The van der Waals surface area contributed by atoms with E-state index in [9.17, 15) is 0 Å². The van der Waals surface area contributed by atoms with Crippen molar-refractivity contribution >= 4 is 0 Å². The van der Waals surface area contributed by atoms with Gasteiger partial charge in [0.05, 0.1) is 0 Å². The fourth-order valence-electron chi connectivity index (χ4n) is 1.35. The van der Waals surface area contributed by atoms with Crippen molar-refractivity contribution in [1.82, 2.24) is 14.9 Å². The minimum atomic E-state index is 0.862. The van der Waals surface area contributed by atoms with Crippen molar-refractivity contribution in [2.45, 2.75) is 19.9 Å². The lowest BCUT2D eigenvalue weighted by molar-refractivity contribution is 0.695. The summed E-state index contributed by atoms with van der Waals surface area (Å²) >= 11 is 0. The molecule has 0 spiro atoms. The molecule has 1 N–H and O–H groups in total. The molecule has 72 valence electrons. The standard InChI is InChI=1S/C10H17N3/c1-4-10-12-5-6-13(10)8-9(2)7-11-3/h5-6,11H,2,4,7-8H2,1,3H3. The van der Waals surface area contributed by atoms with Gasteiger partial charge < -0.3 is 9.88 Å². The summed E-state index contributed by atoms with van der Waals surface area (Å²) < 4.78 is 2.14. The number of nitrogens with zero attached hydrogens (tertiary/aromatic N) is 2. The average molecular weight is 179 g/mol. The minimum Gasteiger partial charge on any atom is -0.331 e. The predicted molar refractivity (Wildman–Crippen MR) is 54.7 cm³/mol. The third-order valence-corrected chi connectivity index (χ3v) is 1.94. The van der Waals surface area contributed by atoms with Crippen LogP contribution in [0.1, 0.15) is 12.7 Å². The molecule has 1 heterocycles. The van der Waals surface area contributed by atoms with Crippen molar-refractivity contribution in [2.24, 2.45) is 0 Å². The van der Waals surface area contributed by atoms with Gasteiger partial charge in [0.25, 0.3) is 0 Å². The fraction of sp³-hybridized carbons (Fsp3) is 0.500.